The molecule has 3 nitrogen and oxygen atoms in total. The second-order valence-electron chi connectivity index (χ2n) is 5.14. The number of hydrogen-bond donors (Lipinski definition) is 1. The van der Waals surface area contributed by atoms with Crippen LogP contribution in [0.2, 0.25) is 0 Å². The molecular weight excluding hydrogens is 250 g/mol. The molecule has 0 fully saturated rings. The number of fused-ring (bicyclic) bond motifs is 4. The molecule has 2 aliphatic heterocycles. The highest BCUT2D eigenvalue weighted by Gasteiger charge is 2.48. The Kier molecular flexibility index (Phi) is 2.11. The zero-order valence-corrected chi connectivity index (χ0v) is 11.0. The number of ether oxygens (including phenoxy) is 1. The first-order valence-electron chi connectivity index (χ1n) is 6.59. The van der Waals surface area contributed by atoms with Gasteiger partial charge in [-0.1, -0.05) is 36.4 Å². The van der Waals surface area contributed by atoms with Gasteiger partial charge in [-0.3, -0.25) is 4.79 Å². The summed E-state index contributed by atoms with van der Waals surface area (Å²) in [6.45, 7) is 2.06. The Morgan fingerprint density at radius 3 is 2.75 bits per heavy atom. The number of carbonyl (C=O) groups is 1. The Labute approximate surface area is 116 Å². The fraction of sp³-hybridized carbons (Fsp3) is 0.118. The van der Waals surface area contributed by atoms with Crippen LogP contribution >= 0.6 is 0 Å². The molecule has 1 amide bonds. The first-order chi connectivity index (χ1) is 9.72. The van der Waals surface area contributed by atoms with Crippen LogP contribution in [0.3, 0.4) is 0 Å². The van der Waals surface area contributed by atoms with Gasteiger partial charge in [-0.15, -0.1) is 0 Å². The molecule has 98 valence electrons. The molecule has 0 radical (unpaired) electrons. The summed E-state index contributed by atoms with van der Waals surface area (Å²) in [5.41, 5.74) is 3.93. The topological polar surface area (TPSA) is 38.3 Å². The molecule has 0 aromatic heterocycles. The summed E-state index contributed by atoms with van der Waals surface area (Å²) in [6, 6.07) is 13.6. The molecule has 3 heteroatoms. The van der Waals surface area contributed by atoms with E-state index in [1.165, 1.54) is 5.56 Å². The zero-order valence-electron chi connectivity index (χ0n) is 11.0. The molecule has 1 spiro atoms. The maximum atomic E-state index is 12.2. The van der Waals surface area contributed by atoms with Crippen molar-refractivity contribution in [3.05, 3.63) is 76.5 Å². The predicted octanol–water partition coefficient (Wildman–Crippen LogP) is 2.94. The number of aryl methyl sites for hydroxylation is 1. The van der Waals surface area contributed by atoms with Crippen LogP contribution in [-0.4, -0.2) is 5.91 Å². The highest BCUT2D eigenvalue weighted by atomic mass is 16.5. The van der Waals surface area contributed by atoms with E-state index in [-0.39, 0.29) is 5.91 Å². The van der Waals surface area contributed by atoms with Crippen LogP contribution < -0.4 is 5.32 Å². The predicted molar refractivity (Wildman–Crippen MR) is 76.0 cm³/mol. The van der Waals surface area contributed by atoms with Crippen molar-refractivity contribution in [2.75, 3.05) is 0 Å². The quantitative estimate of drug-likeness (QED) is 0.793. The molecule has 2 aliphatic rings. The minimum absolute atomic E-state index is 0.0941. The van der Waals surface area contributed by atoms with E-state index >= 15 is 0 Å². The van der Waals surface area contributed by atoms with Gasteiger partial charge >= 0.3 is 0 Å². The average Bonchev–Trinajstić information content (AvgIpc) is 2.75. The summed E-state index contributed by atoms with van der Waals surface area (Å²) in [5.74, 6) is -0.0941. The number of rotatable bonds is 0. The van der Waals surface area contributed by atoms with Gasteiger partial charge in [-0.25, -0.2) is 0 Å². The average molecular weight is 263 g/mol. The lowest BCUT2D eigenvalue weighted by Crippen LogP contribution is -2.43. The van der Waals surface area contributed by atoms with E-state index in [1.807, 2.05) is 42.5 Å². The lowest BCUT2D eigenvalue weighted by atomic mass is 9.87. The summed E-state index contributed by atoms with van der Waals surface area (Å²) in [4.78, 5) is 12.2. The van der Waals surface area contributed by atoms with Crippen LogP contribution in [0.25, 0.3) is 6.08 Å². The maximum absolute atomic E-state index is 12.2. The van der Waals surface area contributed by atoms with Crippen LogP contribution in [0.4, 0.5) is 0 Å². The van der Waals surface area contributed by atoms with Crippen molar-refractivity contribution in [2.45, 2.75) is 12.6 Å². The van der Waals surface area contributed by atoms with Crippen molar-refractivity contribution in [1.82, 2.24) is 5.32 Å². The summed E-state index contributed by atoms with van der Waals surface area (Å²) in [5, 5.41) is 3.01. The lowest BCUT2D eigenvalue weighted by molar-refractivity contribution is 0.0305. The maximum Gasteiger partial charge on any atom is 0.255 e. The van der Waals surface area contributed by atoms with Gasteiger partial charge < -0.3 is 10.1 Å². The van der Waals surface area contributed by atoms with Crippen molar-refractivity contribution >= 4 is 12.0 Å². The van der Waals surface area contributed by atoms with Crippen molar-refractivity contribution in [3.63, 3.8) is 0 Å². The van der Waals surface area contributed by atoms with Gasteiger partial charge in [0.2, 0.25) is 5.72 Å². The third-order valence-corrected chi connectivity index (χ3v) is 4.02. The van der Waals surface area contributed by atoms with Gasteiger partial charge in [0, 0.05) is 16.7 Å². The fourth-order valence-corrected chi connectivity index (χ4v) is 3.06. The molecule has 4 rings (SSSR count). The van der Waals surface area contributed by atoms with Crippen molar-refractivity contribution in [3.8, 4) is 0 Å². The molecule has 0 saturated carbocycles. The molecule has 2 aromatic carbocycles. The van der Waals surface area contributed by atoms with E-state index in [4.69, 9.17) is 4.74 Å². The number of benzene rings is 2. The highest BCUT2D eigenvalue weighted by molar-refractivity contribution is 6.00. The zero-order chi connectivity index (χ0) is 13.7. The fourth-order valence-electron chi connectivity index (χ4n) is 3.06. The summed E-state index contributed by atoms with van der Waals surface area (Å²) in [6.07, 6.45) is 3.61. The Morgan fingerprint density at radius 1 is 1.05 bits per heavy atom. The molecule has 0 aliphatic carbocycles. The van der Waals surface area contributed by atoms with Gasteiger partial charge in [0.15, 0.2) is 0 Å². The smallest absolute Gasteiger partial charge is 0.255 e. The second kappa shape index (κ2) is 3.73. The lowest BCUT2D eigenvalue weighted by Gasteiger charge is -2.34. The van der Waals surface area contributed by atoms with E-state index in [2.05, 4.69) is 18.3 Å². The summed E-state index contributed by atoms with van der Waals surface area (Å²) < 4.78 is 5.89. The molecule has 1 N–H and O–H groups in total. The minimum atomic E-state index is -0.885. The minimum Gasteiger partial charge on any atom is -0.467 e. The number of amides is 1. The van der Waals surface area contributed by atoms with E-state index in [9.17, 15) is 4.79 Å². The molecule has 1 atom stereocenters. The van der Waals surface area contributed by atoms with Gasteiger partial charge in [-0.05, 0) is 30.2 Å². The van der Waals surface area contributed by atoms with Crippen molar-refractivity contribution in [2.24, 2.45) is 0 Å². The molecule has 0 bridgehead atoms. The Balaban J connectivity index is 2.04. The van der Waals surface area contributed by atoms with Crippen LogP contribution in [0.1, 0.15) is 32.6 Å². The number of carbonyl (C=O) groups excluding carboxylic acids is 1. The monoisotopic (exact) mass is 263 g/mol. The second-order valence-corrected chi connectivity index (χ2v) is 5.14. The van der Waals surface area contributed by atoms with Crippen molar-refractivity contribution < 1.29 is 9.53 Å². The number of hydrogen-bond acceptors (Lipinski definition) is 2. The first-order valence-corrected chi connectivity index (χ1v) is 6.59. The number of nitrogens with one attached hydrogen (secondary N) is 1. The van der Waals surface area contributed by atoms with Gasteiger partial charge in [0.25, 0.3) is 5.91 Å². The van der Waals surface area contributed by atoms with Crippen molar-refractivity contribution in [1.29, 1.82) is 0 Å². The molecular formula is C17H13NO2. The van der Waals surface area contributed by atoms with Gasteiger partial charge in [0.1, 0.15) is 0 Å². The van der Waals surface area contributed by atoms with Crippen LogP contribution in [0, 0.1) is 6.92 Å². The SMILES string of the molecule is Cc1cccc2c1C=COC21NC(=O)c2ccccc21. The third kappa shape index (κ3) is 1.27. The van der Waals surface area contributed by atoms with Crippen LogP contribution in [0.5, 0.6) is 0 Å². The Hall–Kier alpha value is -2.55. The largest absolute Gasteiger partial charge is 0.467 e. The van der Waals surface area contributed by atoms with Gasteiger partial charge in [0.05, 0.1) is 6.26 Å². The van der Waals surface area contributed by atoms with E-state index in [0.29, 0.717) is 5.56 Å². The van der Waals surface area contributed by atoms with E-state index < -0.39 is 5.72 Å². The molecule has 2 aromatic rings. The molecule has 20 heavy (non-hydrogen) atoms. The normalized spacial score (nSPS) is 22.1. The van der Waals surface area contributed by atoms with E-state index in [1.54, 1.807) is 6.26 Å². The third-order valence-electron chi connectivity index (χ3n) is 4.02. The first kappa shape index (κ1) is 11.3. The Morgan fingerprint density at radius 2 is 1.85 bits per heavy atom. The molecule has 2 heterocycles. The highest BCUT2D eigenvalue weighted by Crippen LogP contribution is 2.42. The van der Waals surface area contributed by atoms with E-state index in [0.717, 1.165) is 16.7 Å². The van der Waals surface area contributed by atoms with Crippen LogP contribution in [-0.2, 0) is 10.5 Å². The van der Waals surface area contributed by atoms with Gasteiger partial charge in [-0.2, -0.15) is 0 Å². The molecule has 1 unspecified atom stereocenters. The summed E-state index contributed by atoms with van der Waals surface area (Å²) >= 11 is 0. The standard InChI is InChI=1S/C17H13NO2/c1-11-5-4-8-14-12(11)9-10-20-17(14)15-7-3-2-6-13(15)16(19)18-17/h2-10H,1H3,(H,18,19). The molecule has 0 saturated heterocycles. The summed E-state index contributed by atoms with van der Waals surface area (Å²) in [7, 11) is 0. The Bertz CT molecular complexity index is 763. The van der Waals surface area contributed by atoms with Crippen LogP contribution in [0.15, 0.2) is 48.7 Å².